The Hall–Kier alpha value is -1.87. The lowest BCUT2D eigenvalue weighted by atomic mass is 9.72. The molecule has 0 amide bonds. The van der Waals surface area contributed by atoms with Crippen molar-refractivity contribution in [3.8, 4) is 0 Å². The molecule has 0 spiro atoms. The number of carbonyl (C=O) groups is 1. The number of allylic oxidation sites excluding steroid dienone is 1. The van der Waals surface area contributed by atoms with Gasteiger partial charge in [0.15, 0.2) is 25.2 Å². The van der Waals surface area contributed by atoms with Gasteiger partial charge in [0.05, 0.1) is 74.8 Å². The number of hydrogen-bond acceptors (Lipinski definition) is 29. The Morgan fingerprint density at radius 3 is 1.55 bits per heavy atom. The van der Waals surface area contributed by atoms with Crippen molar-refractivity contribution in [1.29, 1.82) is 0 Å². The third-order valence-electron chi connectivity index (χ3n) is 16.8. The first-order valence-corrected chi connectivity index (χ1v) is 26.8. The van der Waals surface area contributed by atoms with Crippen LogP contribution in [-0.4, -0.2) is 304 Å². The normalized spacial score (nSPS) is 51.5. The quantitative estimate of drug-likeness (QED) is 0.0475. The van der Waals surface area contributed by atoms with Gasteiger partial charge in [0.2, 0.25) is 0 Å². The molecule has 3 aliphatic carbocycles. The molecular formula is C49H80O29. The Kier molecular flexibility index (Phi) is 21.7. The second-order valence-electron chi connectivity index (χ2n) is 21.9. The molecule has 32 atom stereocenters. The van der Waals surface area contributed by atoms with E-state index in [1.54, 1.807) is 6.08 Å². The van der Waals surface area contributed by atoms with Crippen LogP contribution in [0.15, 0.2) is 12.2 Å². The number of aliphatic hydroxyl groups is 17. The van der Waals surface area contributed by atoms with Crippen LogP contribution in [0.25, 0.3) is 0 Å². The van der Waals surface area contributed by atoms with Gasteiger partial charge in [0.1, 0.15) is 104 Å². The standard InChI is InChI=1S/C49H80O29/c1-68-26-8-17(2-6-23(26)71-46-41(65)37(61)33(57)28(13-50)74-46)3-7-32(56)69-16-31-36(60)40(64)45(78-48-43(67)39(63)35(59)30(15-52)76-48)49(77-31)73-27-12-20-24(70-44(27)18-4-5-21(54)22(55)9-18)10-19(53)11-25(20)72-47-42(66)38(62)34(58)29(14-51)75-47/h3,7,17-31,33-55,57-67H,2,4-6,8-16H2,1H3. The van der Waals surface area contributed by atoms with E-state index in [1.165, 1.54) is 7.11 Å². The largest absolute Gasteiger partial charge is 0.460 e. The number of carbonyl (C=O) groups excluding carboxylic acids is 1. The first-order valence-electron chi connectivity index (χ1n) is 26.8. The molecule has 5 aliphatic heterocycles. The molecule has 5 heterocycles. The molecular weight excluding hydrogens is 1050 g/mol. The van der Waals surface area contributed by atoms with Gasteiger partial charge in [-0.05, 0) is 63.2 Å². The summed E-state index contributed by atoms with van der Waals surface area (Å²) in [6.45, 7) is -2.94. The average molecular weight is 1130 g/mol. The summed E-state index contributed by atoms with van der Waals surface area (Å²) in [5, 5.41) is 180. The van der Waals surface area contributed by atoms with Gasteiger partial charge in [-0.25, -0.2) is 4.79 Å². The molecule has 78 heavy (non-hydrogen) atoms. The molecule has 17 N–H and O–H groups in total. The van der Waals surface area contributed by atoms with E-state index in [0.29, 0.717) is 25.7 Å². The summed E-state index contributed by atoms with van der Waals surface area (Å²) < 4.78 is 65.8. The first kappa shape index (κ1) is 62.2. The molecule has 32 unspecified atom stereocenters. The molecule has 3 saturated carbocycles. The maximum atomic E-state index is 13.3. The zero-order valence-corrected chi connectivity index (χ0v) is 42.8. The van der Waals surface area contributed by atoms with Gasteiger partial charge in [0, 0.05) is 25.5 Å². The Morgan fingerprint density at radius 2 is 1.00 bits per heavy atom. The second kappa shape index (κ2) is 27.2. The number of hydrogen-bond donors (Lipinski definition) is 17. The van der Waals surface area contributed by atoms with E-state index in [1.807, 2.05) is 0 Å². The third kappa shape index (κ3) is 13.7. The van der Waals surface area contributed by atoms with Crippen molar-refractivity contribution in [1.82, 2.24) is 0 Å². The topological polar surface area (TPSA) is 463 Å². The molecule has 8 aliphatic rings. The maximum Gasteiger partial charge on any atom is 0.330 e. The van der Waals surface area contributed by atoms with Gasteiger partial charge in [-0.3, -0.25) is 0 Å². The van der Waals surface area contributed by atoms with Crippen molar-refractivity contribution >= 4 is 5.97 Å². The number of aliphatic hydroxyl groups excluding tert-OH is 17. The lowest BCUT2D eigenvalue weighted by Crippen LogP contribution is -2.66. The first-order chi connectivity index (χ1) is 37.2. The van der Waals surface area contributed by atoms with Crippen LogP contribution in [0.4, 0.5) is 0 Å². The molecule has 29 nitrogen and oxygen atoms in total. The predicted octanol–water partition coefficient (Wildman–Crippen LogP) is -8.26. The summed E-state index contributed by atoms with van der Waals surface area (Å²) in [4.78, 5) is 13.3. The highest BCUT2D eigenvalue weighted by Gasteiger charge is 2.56. The molecule has 8 fully saturated rings. The van der Waals surface area contributed by atoms with Crippen molar-refractivity contribution in [2.75, 3.05) is 33.5 Å². The Balaban J connectivity index is 0.996. The third-order valence-corrected chi connectivity index (χ3v) is 16.8. The van der Waals surface area contributed by atoms with E-state index >= 15 is 0 Å². The van der Waals surface area contributed by atoms with Crippen molar-refractivity contribution in [2.24, 2.45) is 17.8 Å². The van der Waals surface area contributed by atoms with Crippen molar-refractivity contribution in [2.45, 2.75) is 236 Å². The van der Waals surface area contributed by atoms with Crippen LogP contribution in [0, 0.1) is 17.8 Å². The van der Waals surface area contributed by atoms with E-state index in [2.05, 4.69) is 0 Å². The van der Waals surface area contributed by atoms with E-state index in [9.17, 15) is 91.6 Å². The average Bonchev–Trinajstić information content (AvgIpc) is 3.54. The lowest BCUT2D eigenvalue weighted by molar-refractivity contribution is -0.380. The van der Waals surface area contributed by atoms with Gasteiger partial charge in [0.25, 0.3) is 0 Å². The molecule has 0 bridgehead atoms. The SMILES string of the molecule is COC1CC(C=CC(=O)OCC2OC(OC3CC4C(OC5OC(CO)C(O)C(O)C5O)CC(O)CC4OC3C3CCC(O)C(O)C3)C(OC3OC(CO)C(O)C(O)C3O)C(O)C2O)CCC1OC1OC(CO)C(O)C(O)C1O. The zero-order chi connectivity index (χ0) is 56.4. The van der Waals surface area contributed by atoms with E-state index in [-0.39, 0.29) is 38.0 Å². The number of ether oxygens (including phenoxy) is 11. The molecule has 29 heteroatoms. The fourth-order valence-electron chi connectivity index (χ4n) is 12.2. The van der Waals surface area contributed by atoms with Gasteiger partial charge < -0.3 is 139 Å². The summed E-state index contributed by atoms with van der Waals surface area (Å²) in [7, 11) is 1.43. The summed E-state index contributed by atoms with van der Waals surface area (Å²) in [6.07, 6.45) is -38.1. The van der Waals surface area contributed by atoms with Gasteiger partial charge in [-0.1, -0.05) is 6.08 Å². The van der Waals surface area contributed by atoms with Crippen molar-refractivity contribution in [3.05, 3.63) is 12.2 Å². The summed E-state index contributed by atoms with van der Waals surface area (Å²) in [5.74, 6) is -2.43. The van der Waals surface area contributed by atoms with E-state index in [0.717, 1.165) is 6.08 Å². The predicted molar refractivity (Wildman–Crippen MR) is 251 cm³/mol. The summed E-state index contributed by atoms with van der Waals surface area (Å²) in [5.41, 5.74) is 0. The van der Waals surface area contributed by atoms with Crippen LogP contribution in [0.2, 0.25) is 0 Å². The minimum atomic E-state index is -2.02. The fraction of sp³-hybridized carbons (Fsp3) is 0.939. The second-order valence-corrected chi connectivity index (χ2v) is 21.9. The Bertz CT molecular complexity index is 1900. The Morgan fingerprint density at radius 1 is 0.474 bits per heavy atom. The zero-order valence-electron chi connectivity index (χ0n) is 42.8. The highest BCUT2D eigenvalue weighted by Crippen LogP contribution is 2.46. The number of rotatable bonds is 17. The number of esters is 1. The molecule has 450 valence electrons. The molecule has 0 aromatic carbocycles. The molecule has 0 aromatic rings. The van der Waals surface area contributed by atoms with Gasteiger partial charge in [-0.2, -0.15) is 0 Å². The highest BCUT2D eigenvalue weighted by atomic mass is 16.8. The van der Waals surface area contributed by atoms with Crippen LogP contribution >= 0.6 is 0 Å². The highest BCUT2D eigenvalue weighted by molar-refractivity contribution is 5.81. The summed E-state index contributed by atoms with van der Waals surface area (Å²) in [6, 6.07) is 0. The van der Waals surface area contributed by atoms with Crippen molar-refractivity contribution in [3.63, 3.8) is 0 Å². The smallest absolute Gasteiger partial charge is 0.330 e. The lowest BCUT2D eigenvalue weighted by Gasteiger charge is -2.53. The molecule has 0 aromatic heterocycles. The van der Waals surface area contributed by atoms with Crippen LogP contribution in [0.1, 0.15) is 57.8 Å². The minimum Gasteiger partial charge on any atom is -0.460 e. The number of fused-ring (bicyclic) bond motifs is 1. The van der Waals surface area contributed by atoms with Gasteiger partial charge >= 0.3 is 5.97 Å². The Labute approximate surface area is 447 Å². The van der Waals surface area contributed by atoms with Crippen LogP contribution < -0.4 is 0 Å². The van der Waals surface area contributed by atoms with Crippen molar-refractivity contribution < 1.29 is 144 Å². The fourth-order valence-corrected chi connectivity index (χ4v) is 12.2. The minimum absolute atomic E-state index is 0.0175. The van der Waals surface area contributed by atoms with Crippen LogP contribution in [0.5, 0.6) is 0 Å². The number of methoxy groups -OCH3 is 1. The van der Waals surface area contributed by atoms with E-state index in [4.69, 9.17) is 52.1 Å². The molecule has 0 radical (unpaired) electrons. The summed E-state index contributed by atoms with van der Waals surface area (Å²) >= 11 is 0. The monoisotopic (exact) mass is 1130 g/mol. The van der Waals surface area contributed by atoms with E-state index < -0.39 is 222 Å². The molecule has 5 saturated heterocycles. The maximum absolute atomic E-state index is 13.3. The van der Waals surface area contributed by atoms with Crippen LogP contribution in [0.3, 0.4) is 0 Å². The van der Waals surface area contributed by atoms with Gasteiger partial charge in [-0.15, -0.1) is 0 Å². The van der Waals surface area contributed by atoms with Crippen LogP contribution in [-0.2, 0) is 56.9 Å². The molecule has 8 rings (SSSR count).